The summed E-state index contributed by atoms with van der Waals surface area (Å²) in [6.45, 7) is 6.51. The van der Waals surface area contributed by atoms with E-state index in [1.165, 1.54) is 32.1 Å². The predicted octanol–water partition coefficient (Wildman–Crippen LogP) is 5.71. The van der Waals surface area contributed by atoms with E-state index in [0.717, 1.165) is 30.1 Å². The van der Waals surface area contributed by atoms with E-state index in [1.807, 2.05) is 18.2 Å². The Morgan fingerprint density at radius 3 is 2.50 bits per heavy atom. The van der Waals surface area contributed by atoms with Crippen molar-refractivity contribution >= 4 is 5.97 Å². The van der Waals surface area contributed by atoms with Gasteiger partial charge in [0, 0.05) is 0 Å². The Morgan fingerprint density at radius 2 is 1.86 bits per heavy atom. The molecule has 122 valence electrons. The number of hydrogen-bond acceptors (Lipinski definition) is 2. The fraction of sp³-hybridized carbons (Fsp3) is 0.650. The molecule has 1 aromatic carbocycles. The van der Waals surface area contributed by atoms with Crippen LogP contribution < -0.4 is 4.74 Å². The molecule has 0 aromatic heterocycles. The molecule has 22 heavy (non-hydrogen) atoms. The maximum Gasteiger partial charge on any atom is 0.314 e. The number of unbranched alkanes of at least 4 members (excludes halogenated alkanes) is 1. The number of carbonyl (C=O) groups is 1. The molecule has 2 rings (SSSR count). The van der Waals surface area contributed by atoms with Crippen LogP contribution in [0.25, 0.3) is 0 Å². The summed E-state index contributed by atoms with van der Waals surface area (Å²) in [5.41, 5.74) is 1.12. The molecule has 0 unspecified atom stereocenters. The third kappa shape index (κ3) is 4.59. The van der Waals surface area contributed by atoms with E-state index in [9.17, 15) is 4.79 Å². The van der Waals surface area contributed by atoms with Crippen LogP contribution in [-0.2, 0) is 4.79 Å². The minimum Gasteiger partial charge on any atom is -0.426 e. The van der Waals surface area contributed by atoms with E-state index < -0.39 is 0 Å². The standard InChI is InChI=1S/C20H30O2/c1-4-5-8-16-11-13-17(14-12-16)20(21)22-19-10-7-6-9-18(19)15(2)3/h6-7,9-10,15-17H,4-5,8,11-14H2,1-3H3. The molecule has 1 saturated carbocycles. The lowest BCUT2D eigenvalue weighted by Crippen LogP contribution is -2.26. The lowest BCUT2D eigenvalue weighted by atomic mass is 9.80. The maximum atomic E-state index is 12.4. The first-order valence-corrected chi connectivity index (χ1v) is 8.92. The monoisotopic (exact) mass is 302 g/mol. The molecule has 2 nitrogen and oxygen atoms in total. The second kappa shape index (κ2) is 8.36. The molecule has 0 heterocycles. The molecule has 0 radical (unpaired) electrons. The third-order valence-electron chi connectivity index (χ3n) is 4.90. The van der Waals surface area contributed by atoms with E-state index in [1.54, 1.807) is 0 Å². The van der Waals surface area contributed by atoms with Crippen molar-refractivity contribution < 1.29 is 9.53 Å². The van der Waals surface area contributed by atoms with E-state index in [2.05, 4.69) is 26.8 Å². The van der Waals surface area contributed by atoms with Gasteiger partial charge < -0.3 is 4.74 Å². The van der Waals surface area contributed by atoms with Gasteiger partial charge in [0.05, 0.1) is 5.92 Å². The molecular formula is C20H30O2. The van der Waals surface area contributed by atoms with Crippen LogP contribution in [0.1, 0.15) is 77.2 Å². The second-order valence-electron chi connectivity index (χ2n) is 6.97. The van der Waals surface area contributed by atoms with Crippen molar-refractivity contribution in [2.45, 2.75) is 71.6 Å². The number of esters is 1. The van der Waals surface area contributed by atoms with Crippen LogP contribution in [0, 0.1) is 11.8 Å². The molecule has 0 spiro atoms. The highest BCUT2D eigenvalue weighted by molar-refractivity contribution is 5.75. The lowest BCUT2D eigenvalue weighted by Gasteiger charge is -2.27. The maximum absolute atomic E-state index is 12.4. The van der Waals surface area contributed by atoms with Gasteiger partial charge in [-0.15, -0.1) is 0 Å². The Labute approximate surface area is 135 Å². The number of benzene rings is 1. The number of ether oxygens (including phenoxy) is 1. The molecule has 1 aliphatic carbocycles. The second-order valence-corrected chi connectivity index (χ2v) is 6.97. The molecule has 0 saturated heterocycles. The summed E-state index contributed by atoms with van der Waals surface area (Å²) in [5.74, 6) is 2.01. The van der Waals surface area contributed by atoms with Crippen molar-refractivity contribution in [2.75, 3.05) is 0 Å². The van der Waals surface area contributed by atoms with Crippen molar-refractivity contribution in [1.82, 2.24) is 0 Å². The molecule has 0 aliphatic heterocycles. The summed E-state index contributed by atoms with van der Waals surface area (Å²) >= 11 is 0. The fourth-order valence-corrected chi connectivity index (χ4v) is 3.42. The molecule has 1 fully saturated rings. The van der Waals surface area contributed by atoms with Crippen LogP contribution in [-0.4, -0.2) is 5.97 Å². The minimum absolute atomic E-state index is 0.0259. The topological polar surface area (TPSA) is 26.3 Å². The first-order chi connectivity index (χ1) is 10.6. The quantitative estimate of drug-likeness (QED) is 0.497. The normalized spacial score (nSPS) is 21.8. The van der Waals surface area contributed by atoms with Crippen molar-refractivity contribution in [2.24, 2.45) is 11.8 Å². The first kappa shape index (κ1) is 17.1. The summed E-state index contributed by atoms with van der Waals surface area (Å²) in [6.07, 6.45) is 8.29. The summed E-state index contributed by atoms with van der Waals surface area (Å²) in [7, 11) is 0. The first-order valence-electron chi connectivity index (χ1n) is 8.92. The Morgan fingerprint density at radius 1 is 1.18 bits per heavy atom. The predicted molar refractivity (Wildman–Crippen MR) is 91.1 cm³/mol. The summed E-state index contributed by atoms with van der Waals surface area (Å²) < 4.78 is 5.72. The Bertz CT molecular complexity index is 470. The largest absolute Gasteiger partial charge is 0.426 e. The number of rotatable bonds is 6. The zero-order valence-corrected chi connectivity index (χ0v) is 14.3. The van der Waals surface area contributed by atoms with E-state index in [4.69, 9.17) is 4.74 Å². The van der Waals surface area contributed by atoms with Gasteiger partial charge in [-0.1, -0.05) is 58.2 Å². The van der Waals surface area contributed by atoms with Crippen LogP contribution in [0.4, 0.5) is 0 Å². The number of para-hydroxylation sites is 1. The van der Waals surface area contributed by atoms with Crippen LogP contribution in [0.15, 0.2) is 24.3 Å². The molecular weight excluding hydrogens is 272 g/mol. The Balaban J connectivity index is 1.89. The van der Waals surface area contributed by atoms with Gasteiger partial charge in [-0.3, -0.25) is 4.79 Å². The lowest BCUT2D eigenvalue weighted by molar-refractivity contribution is -0.140. The molecule has 2 heteroatoms. The van der Waals surface area contributed by atoms with Gasteiger partial charge in [-0.2, -0.15) is 0 Å². The van der Waals surface area contributed by atoms with Crippen LogP contribution >= 0.6 is 0 Å². The van der Waals surface area contributed by atoms with Crippen molar-refractivity contribution in [3.63, 3.8) is 0 Å². The van der Waals surface area contributed by atoms with E-state index >= 15 is 0 Å². The highest BCUT2D eigenvalue weighted by atomic mass is 16.5. The number of hydrogen-bond donors (Lipinski definition) is 0. The average molecular weight is 302 g/mol. The summed E-state index contributed by atoms with van der Waals surface area (Å²) in [5, 5.41) is 0. The highest BCUT2D eigenvalue weighted by Gasteiger charge is 2.27. The van der Waals surface area contributed by atoms with Gasteiger partial charge in [-0.25, -0.2) is 0 Å². The summed E-state index contributed by atoms with van der Waals surface area (Å²) in [6, 6.07) is 7.91. The third-order valence-corrected chi connectivity index (χ3v) is 4.90. The minimum atomic E-state index is -0.0259. The van der Waals surface area contributed by atoms with Crippen LogP contribution in [0.5, 0.6) is 5.75 Å². The Hall–Kier alpha value is -1.31. The van der Waals surface area contributed by atoms with Crippen LogP contribution in [0.3, 0.4) is 0 Å². The SMILES string of the molecule is CCCCC1CCC(C(=O)Oc2ccccc2C(C)C)CC1. The van der Waals surface area contributed by atoms with E-state index in [-0.39, 0.29) is 11.9 Å². The molecule has 0 atom stereocenters. The van der Waals surface area contributed by atoms with Crippen LogP contribution in [0.2, 0.25) is 0 Å². The average Bonchev–Trinajstić information content (AvgIpc) is 2.53. The summed E-state index contributed by atoms with van der Waals surface area (Å²) in [4.78, 5) is 12.4. The zero-order valence-electron chi connectivity index (χ0n) is 14.3. The fourth-order valence-electron chi connectivity index (χ4n) is 3.42. The molecule has 1 aromatic rings. The molecule has 0 bridgehead atoms. The highest BCUT2D eigenvalue weighted by Crippen LogP contribution is 2.34. The van der Waals surface area contributed by atoms with Gasteiger partial charge in [0.1, 0.15) is 5.75 Å². The van der Waals surface area contributed by atoms with Crippen molar-refractivity contribution in [1.29, 1.82) is 0 Å². The van der Waals surface area contributed by atoms with Gasteiger partial charge >= 0.3 is 5.97 Å². The van der Waals surface area contributed by atoms with Gasteiger partial charge in [0.2, 0.25) is 0 Å². The van der Waals surface area contributed by atoms with E-state index in [0.29, 0.717) is 5.92 Å². The Kier molecular flexibility index (Phi) is 6.48. The van der Waals surface area contributed by atoms with Crippen molar-refractivity contribution in [3.8, 4) is 5.75 Å². The smallest absolute Gasteiger partial charge is 0.314 e. The van der Waals surface area contributed by atoms with Gasteiger partial charge in [0.25, 0.3) is 0 Å². The zero-order chi connectivity index (χ0) is 15.9. The molecule has 0 N–H and O–H groups in total. The molecule has 1 aliphatic rings. The molecule has 0 amide bonds. The van der Waals surface area contributed by atoms with Crippen molar-refractivity contribution in [3.05, 3.63) is 29.8 Å². The van der Waals surface area contributed by atoms with Gasteiger partial charge in [-0.05, 0) is 49.1 Å². The number of carbonyl (C=O) groups excluding carboxylic acids is 1. The van der Waals surface area contributed by atoms with Gasteiger partial charge in [0.15, 0.2) is 0 Å².